The highest BCUT2D eigenvalue weighted by molar-refractivity contribution is 9.10. The first kappa shape index (κ1) is 16.7. The van der Waals surface area contributed by atoms with Crippen LogP contribution in [0.5, 0.6) is 5.75 Å². The van der Waals surface area contributed by atoms with Crippen molar-refractivity contribution in [2.75, 3.05) is 11.4 Å². The number of hydrogen-bond acceptors (Lipinski definition) is 3. The van der Waals surface area contributed by atoms with Crippen LogP contribution in [0.4, 0.5) is 5.69 Å². The molecule has 0 radical (unpaired) electrons. The molecule has 0 saturated carbocycles. The third kappa shape index (κ3) is 3.36. The topological polar surface area (TPSA) is 46.6 Å². The number of benzene rings is 2. The van der Waals surface area contributed by atoms with E-state index < -0.39 is 5.92 Å². The largest absolute Gasteiger partial charge is 0.426 e. The number of carbonyl (C=O) groups excluding carboxylic acids is 2. The Labute approximate surface area is 149 Å². The molecular formula is C19H18BrNO3. The summed E-state index contributed by atoms with van der Waals surface area (Å²) in [4.78, 5) is 26.5. The smallest absolute Gasteiger partial charge is 0.316 e. The van der Waals surface area contributed by atoms with Gasteiger partial charge in [-0.25, -0.2) is 0 Å². The van der Waals surface area contributed by atoms with Gasteiger partial charge in [0.2, 0.25) is 5.91 Å². The zero-order chi connectivity index (χ0) is 17.3. The maximum atomic E-state index is 12.4. The second-order valence-electron chi connectivity index (χ2n) is 6.02. The lowest BCUT2D eigenvalue weighted by Gasteiger charge is -2.21. The van der Waals surface area contributed by atoms with Crippen LogP contribution in [-0.4, -0.2) is 18.4 Å². The Hall–Kier alpha value is -2.14. The Balaban J connectivity index is 1.74. The molecule has 0 unspecified atom stereocenters. The van der Waals surface area contributed by atoms with Gasteiger partial charge >= 0.3 is 5.97 Å². The van der Waals surface area contributed by atoms with Gasteiger partial charge in [-0.05, 0) is 49.2 Å². The highest BCUT2D eigenvalue weighted by Crippen LogP contribution is 2.31. The van der Waals surface area contributed by atoms with E-state index in [0.29, 0.717) is 12.3 Å². The van der Waals surface area contributed by atoms with Crippen molar-refractivity contribution in [3.05, 3.63) is 58.1 Å². The van der Waals surface area contributed by atoms with Crippen molar-refractivity contribution < 1.29 is 14.3 Å². The third-order valence-corrected chi connectivity index (χ3v) is 4.73. The van der Waals surface area contributed by atoms with Crippen LogP contribution in [0.15, 0.2) is 46.9 Å². The first-order valence-electron chi connectivity index (χ1n) is 7.79. The van der Waals surface area contributed by atoms with Gasteiger partial charge in [0.15, 0.2) is 0 Å². The van der Waals surface area contributed by atoms with Crippen molar-refractivity contribution in [1.82, 2.24) is 0 Å². The summed E-state index contributed by atoms with van der Waals surface area (Å²) >= 11 is 3.34. The summed E-state index contributed by atoms with van der Waals surface area (Å²) < 4.78 is 6.32. The van der Waals surface area contributed by atoms with E-state index in [1.807, 2.05) is 44.2 Å². The molecule has 2 aromatic carbocycles. The molecule has 124 valence electrons. The van der Waals surface area contributed by atoms with Gasteiger partial charge in [0, 0.05) is 23.1 Å². The lowest BCUT2D eigenvalue weighted by molar-refractivity contribution is -0.139. The van der Waals surface area contributed by atoms with Crippen LogP contribution in [0, 0.1) is 19.8 Å². The quantitative estimate of drug-likeness (QED) is 0.589. The lowest BCUT2D eigenvalue weighted by atomic mass is 10.1. The number of para-hydroxylation sites is 1. The number of amides is 1. The fourth-order valence-electron chi connectivity index (χ4n) is 3.02. The average molecular weight is 388 g/mol. The van der Waals surface area contributed by atoms with Crippen LogP contribution < -0.4 is 9.64 Å². The van der Waals surface area contributed by atoms with Crippen LogP contribution in [0.25, 0.3) is 0 Å². The lowest BCUT2D eigenvalue weighted by Crippen LogP contribution is -2.28. The summed E-state index contributed by atoms with van der Waals surface area (Å²) in [7, 11) is 0. The molecule has 0 aliphatic carbocycles. The van der Waals surface area contributed by atoms with Gasteiger partial charge in [0.1, 0.15) is 5.75 Å². The monoisotopic (exact) mass is 387 g/mol. The van der Waals surface area contributed by atoms with Crippen LogP contribution in [0.3, 0.4) is 0 Å². The molecule has 1 heterocycles. The Kier molecular flexibility index (Phi) is 4.71. The Morgan fingerprint density at radius 1 is 1.12 bits per heavy atom. The Bertz CT molecular complexity index is 765. The number of carbonyl (C=O) groups is 2. The molecule has 4 nitrogen and oxygen atoms in total. The molecule has 1 atom stereocenters. The second-order valence-corrected chi connectivity index (χ2v) is 6.94. The minimum absolute atomic E-state index is 0.0369. The molecule has 1 saturated heterocycles. The Morgan fingerprint density at radius 3 is 2.38 bits per heavy atom. The molecule has 2 aromatic rings. The second kappa shape index (κ2) is 6.77. The number of hydrogen-bond donors (Lipinski definition) is 0. The maximum absolute atomic E-state index is 12.4. The summed E-state index contributed by atoms with van der Waals surface area (Å²) in [5, 5.41) is 0. The van der Waals surface area contributed by atoms with Gasteiger partial charge in [-0.2, -0.15) is 0 Å². The van der Waals surface area contributed by atoms with E-state index in [1.165, 1.54) is 0 Å². The van der Waals surface area contributed by atoms with Crippen LogP contribution in [-0.2, 0) is 9.59 Å². The molecule has 1 aliphatic heterocycles. The van der Waals surface area contributed by atoms with Crippen LogP contribution in [0.1, 0.15) is 17.5 Å². The summed E-state index contributed by atoms with van der Waals surface area (Å²) in [6, 6.07) is 13.0. The third-order valence-electron chi connectivity index (χ3n) is 4.20. The van der Waals surface area contributed by atoms with E-state index in [4.69, 9.17) is 4.74 Å². The first-order valence-corrected chi connectivity index (χ1v) is 8.59. The van der Waals surface area contributed by atoms with Crippen LogP contribution >= 0.6 is 15.9 Å². The molecule has 0 N–H and O–H groups in total. The molecule has 1 fully saturated rings. The molecule has 5 heteroatoms. The predicted octanol–water partition coefficient (Wildman–Crippen LogP) is 4.02. The number of aryl methyl sites for hydroxylation is 2. The fourth-order valence-corrected chi connectivity index (χ4v) is 3.28. The number of esters is 1. The van der Waals surface area contributed by atoms with Gasteiger partial charge in [-0.15, -0.1) is 0 Å². The SMILES string of the molecule is Cc1cccc(C)c1N1C[C@H](C(=O)Oc2ccc(Br)cc2)CC1=O. The maximum Gasteiger partial charge on any atom is 0.316 e. The van der Waals surface area contributed by atoms with E-state index in [2.05, 4.69) is 15.9 Å². The zero-order valence-corrected chi connectivity index (χ0v) is 15.2. The van der Waals surface area contributed by atoms with Crippen molar-refractivity contribution in [2.45, 2.75) is 20.3 Å². The number of rotatable bonds is 3. The molecule has 3 rings (SSSR count). The van der Waals surface area contributed by atoms with Crippen molar-refractivity contribution in [3.63, 3.8) is 0 Å². The highest BCUT2D eigenvalue weighted by atomic mass is 79.9. The van der Waals surface area contributed by atoms with Crippen molar-refractivity contribution in [1.29, 1.82) is 0 Å². The summed E-state index contributed by atoms with van der Waals surface area (Å²) in [6.07, 6.45) is 0.184. The van der Waals surface area contributed by atoms with Crippen LogP contribution in [0.2, 0.25) is 0 Å². The van der Waals surface area contributed by atoms with Gasteiger partial charge in [0.25, 0.3) is 0 Å². The van der Waals surface area contributed by atoms with Crippen molar-refractivity contribution in [2.24, 2.45) is 5.92 Å². The number of nitrogens with zero attached hydrogens (tertiary/aromatic N) is 1. The number of halogens is 1. The van der Waals surface area contributed by atoms with E-state index in [-0.39, 0.29) is 18.3 Å². The summed E-state index contributed by atoms with van der Waals surface area (Å²) in [6.45, 7) is 4.31. The highest BCUT2D eigenvalue weighted by Gasteiger charge is 2.37. The summed E-state index contributed by atoms with van der Waals surface area (Å²) in [5.74, 6) is -0.356. The molecule has 0 spiro atoms. The molecule has 1 aliphatic rings. The first-order chi connectivity index (χ1) is 11.5. The van der Waals surface area contributed by atoms with E-state index in [9.17, 15) is 9.59 Å². The minimum Gasteiger partial charge on any atom is -0.426 e. The van der Waals surface area contributed by atoms with E-state index in [0.717, 1.165) is 21.3 Å². The average Bonchev–Trinajstić information content (AvgIpc) is 2.91. The van der Waals surface area contributed by atoms with Gasteiger partial charge in [0.05, 0.1) is 5.92 Å². The Morgan fingerprint density at radius 2 is 1.75 bits per heavy atom. The molecule has 0 aromatic heterocycles. The fraction of sp³-hybridized carbons (Fsp3) is 0.263. The standard InChI is InChI=1S/C19H18BrNO3/c1-12-4-3-5-13(2)18(12)21-11-14(10-17(21)22)19(23)24-16-8-6-15(20)7-9-16/h3-9,14H,10-11H2,1-2H3/t14-/m1/s1. The van der Waals surface area contributed by atoms with Gasteiger partial charge in [-0.3, -0.25) is 9.59 Å². The zero-order valence-electron chi connectivity index (χ0n) is 13.6. The normalized spacial score (nSPS) is 17.2. The van der Waals surface area contributed by atoms with E-state index >= 15 is 0 Å². The van der Waals surface area contributed by atoms with Crippen molar-refractivity contribution in [3.8, 4) is 5.75 Å². The molecule has 0 bridgehead atoms. The van der Waals surface area contributed by atoms with Gasteiger partial charge < -0.3 is 9.64 Å². The molecular weight excluding hydrogens is 370 g/mol. The van der Waals surface area contributed by atoms with E-state index in [1.54, 1.807) is 17.0 Å². The summed E-state index contributed by atoms with van der Waals surface area (Å²) in [5.41, 5.74) is 2.97. The minimum atomic E-state index is -0.444. The predicted molar refractivity (Wildman–Crippen MR) is 96.2 cm³/mol. The number of anilines is 1. The molecule has 1 amide bonds. The van der Waals surface area contributed by atoms with Crippen molar-refractivity contribution >= 4 is 33.5 Å². The number of ether oxygens (including phenoxy) is 1. The van der Waals surface area contributed by atoms with Gasteiger partial charge in [-0.1, -0.05) is 34.1 Å². The molecule has 24 heavy (non-hydrogen) atoms.